The summed E-state index contributed by atoms with van der Waals surface area (Å²) in [6, 6.07) is 8.95. The van der Waals surface area contributed by atoms with Crippen LogP contribution in [0, 0.1) is 0 Å². The number of anilines is 1. The number of phenols is 1. The van der Waals surface area contributed by atoms with Gasteiger partial charge >= 0.3 is 0 Å². The molecule has 0 spiro atoms. The second-order valence-corrected chi connectivity index (χ2v) is 4.23. The van der Waals surface area contributed by atoms with Crippen molar-refractivity contribution in [3.8, 4) is 5.75 Å². The lowest BCUT2D eigenvalue weighted by Crippen LogP contribution is -1.99. The first-order valence-corrected chi connectivity index (χ1v) is 5.50. The number of rotatable bonds is 2. The molecule has 1 aromatic heterocycles. The van der Waals surface area contributed by atoms with E-state index in [1.807, 2.05) is 12.1 Å². The molecule has 0 aliphatic heterocycles. The van der Waals surface area contributed by atoms with Gasteiger partial charge in [0, 0.05) is 6.42 Å². The molecule has 0 bridgehead atoms. The van der Waals surface area contributed by atoms with Crippen molar-refractivity contribution in [2.45, 2.75) is 6.42 Å². The molecule has 0 atom stereocenters. The van der Waals surface area contributed by atoms with Crippen molar-refractivity contribution in [2.24, 2.45) is 0 Å². The summed E-state index contributed by atoms with van der Waals surface area (Å²) in [6.07, 6.45) is 0.526. The molecule has 4 nitrogen and oxygen atoms in total. The van der Waals surface area contributed by atoms with E-state index in [0.29, 0.717) is 16.7 Å². The Balaban J connectivity index is 2.28. The number of benzene rings is 1. The molecule has 1 aromatic carbocycles. The largest absolute Gasteiger partial charge is 0.508 e. The van der Waals surface area contributed by atoms with Gasteiger partial charge in [-0.1, -0.05) is 18.2 Å². The molecule has 0 amide bonds. The van der Waals surface area contributed by atoms with Crippen LogP contribution in [0.2, 0.25) is 0 Å². The van der Waals surface area contributed by atoms with E-state index >= 15 is 0 Å². The monoisotopic (exact) mass is 279 g/mol. The van der Waals surface area contributed by atoms with Crippen LogP contribution in [0.25, 0.3) is 0 Å². The molecule has 82 valence electrons. The lowest BCUT2D eigenvalue weighted by molar-refractivity contribution is 0.469. The number of para-hydroxylation sites is 1. The summed E-state index contributed by atoms with van der Waals surface area (Å²) in [6.45, 7) is 0. The summed E-state index contributed by atoms with van der Waals surface area (Å²) in [4.78, 5) is 0. The van der Waals surface area contributed by atoms with Gasteiger partial charge in [0.1, 0.15) is 5.75 Å². The Labute approximate surface area is 101 Å². The molecule has 0 saturated carbocycles. The van der Waals surface area contributed by atoms with Gasteiger partial charge in [-0.15, -0.1) is 5.10 Å². The van der Waals surface area contributed by atoms with Crippen molar-refractivity contribution in [3.05, 3.63) is 46.1 Å². The van der Waals surface area contributed by atoms with Gasteiger partial charge in [-0.05, 0) is 33.6 Å². The van der Waals surface area contributed by atoms with Gasteiger partial charge in [0.15, 0.2) is 5.82 Å². The molecule has 0 unspecified atom stereocenters. The zero-order chi connectivity index (χ0) is 11.5. The first kappa shape index (κ1) is 10.9. The highest BCUT2D eigenvalue weighted by Gasteiger charge is 2.05. The SMILES string of the molecule is Nc1nnc(Cc2ccccc2O)cc1Br. The number of nitrogens with two attached hydrogens (primary N) is 1. The van der Waals surface area contributed by atoms with Gasteiger partial charge in [-0.3, -0.25) is 0 Å². The van der Waals surface area contributed by atoms with Crippen molar-refractivity contribution in [1.82, 2.24) is 10.2 Å². The predicted molar refractivity (Wildman–Crippen MR) is 65.1 cm³/mol. The van der Waals surface area contributed by atoms with Crippen molar-refractivity contribution in [1.29, 1.82) is 0 Å². The number of nitrogen functional groups attached to an aromatic ring is 1. The summed E-state index contributed by atoms with van der Waals surface area (Å²) in [5.74, 6) is 0.623. The van der Waals surface area contributed by atoms with Gasteiger partial charge in [-0.25, -0.2) is 0 Å². The van der Waals surface area contributed by atoms with E-state index in [2.05, 4.69) is 26.1 Å². The van der Waals surface area contributed by atoms with Crippen LogP contribution >= 0.6 is 15.9 Å². The maximum Gasteiger partial charge on any atom is 0.160 e. The lowest BCUT2D eigenvalue weighted by atomic mass is 10.1. The summed E-state index contributed by atoms with van der Waals surface area (Å²) >= 11 is 3.29. The highest BCUT2D eigenvalue weighted by Crippen LogP contribution is 2.21. The van der Waals surface area contributed by atoms with Gasteiger partial charge in [0.25, 0.3) is 0 Å². The smallest absolute Gasteiger partial charge is 0.160 e. The van der Waals surface area contributed by atoms with E-state index < -0.39 is 0 Å². The predicted octanol–water partition coefficient (Wildman–Crippen LogP) is 2.12. The number of halogens is 1. The lowest BCUT2D eigenvalue weighted by Gasteiger charge is -2.04. The van der Waals surface area contributed by atoms with Gasteiger partial charge in [0.05, 0.1) is 10.2 Å². The maximum absolute atomic E-state index is 9.61. The van der Waals surface area contributed by atoms with Crippen molar-refractivity contribution in [2.75, 3.05) is 5.73 Å². The Morgan fingerprint density at radius 1 is 1.25 bits per heavy atom. The van der Waals surface area contributed by atoms with Crippen LogP contribution in [0.5, 0.6) is 5.75 Å². The molecule has 0 aliphatic carbocycles. The number of hydrogen-bond acceptors (Lipinski definition) is 4. The quantitative estimate of drug-likeness (QED) is 0.883. The third kappa shape index (κ3) is 2.30. The second kappa shape index (κ2) is 4.49. The molecule has 5 heteroatoms. The average Bonchev–Trinajstić information content (AvgIpc) is 2.27. The first-order chi connectivity index (χ1) is 7.66. The van der Waals surface area contributed by atoms with Crippen LogP contribution in [-0.2, 0) is 6.42 Å². The molecule has 2 rings (SSSR count). The Morgan fingerprint density at radius 3 is 2.69 bits per heavy atom. The third-order valence-electron chi connectivity index (χ3n) is 2.19. The van der Waals surface area contributed by atoms with Gasteiger partial charge in [0.2, 0.25) is 0 Å². The summed E-state index contributed by atoms with van der Waals surface area (Å²) < 4.78 is 0.716. The highest BCUT2D eigenvalue weighted by atomic mass is 79.9. The second-order valence-electron chi connectivity index (χ2n) is 3.37. The van der Waals surface area contributed by atoms with Crippen LogP contribution in [0.15, 0.2) is 34.8 Å². The zero-order valence-corrected chi connectivity index (χ0v) is 9.98. The van der Waals surface area contributed by atoms with Crippen LogP contribution in [0.4, 0.5) is 5.82 Å². The Morgan fingerprint density at radius 2 is 2.00 bits per heavy atom. The van der Waals surface area contributed by atoms with E-state index in [4.69, 9.17) is 5.73 Å². The van der Waals surface area contributed by atoms with E-state index in [0.717, 1.165) is 11.3 Å². The molecule has 2 aromatic rings. The minimum Gasteiger partial charge on any atom is -0.508 e. The van der Waals surface area contributed by atoms with Crippen molar-refractivity contribution in [3.63, 3.8) is 0 Å². The standard InChI is InChI=1S/C11H10BrN3O/c12-9-6-8(14-15-11(9)13)5-7-3-1-2-4-10(7)16/h1-4,6,16H,5H2,(H2,13,15). The molecule has 0 radical (unpaired) electrons. The third-order valence-corrected chi connectivity index (χ3v) is 2.82. The Bertz CT molecular complexity index is 516. The Kier molecular flexibility index (Phi) is 3.05. The molecular formula is C11H10BrN3O. The molecule has 3 N–H and O–H groups in total. The van der Waals surface area contributed by atoms with Crippen LogP contribution in [-0.4, -0.2) is 15.3 Å². The fourth-order valence-electron chi connectivity index (χ4n) is 1.36. The van der Waals surface area contributed by atoms with Gasteiger partial charge < -0.3 is 10.8 Å². The normalized spacial score (nSPS) is 10.3. The number of hydrogen-bond donors (Lipinski definition) is 2. The van der Waals surface area contributed by atoms with Crippen LogP contribution < -0.4 is 5.73 Å². The van der Waals surface area contributed by atoms with E-state index in [9.17, 15) is 5.11 Å². The minimum atomic E-state index is 0.261. The number of phenolic OH excluding ortho intramolecular Hbond substituents is 1. The van der Waals surface area contributed by atoms with Crippen LogP contribution in [0.1, 0.15) is 11.3 Å². The zero-order valence-electron chi connectivity index (χ0n) is 8.39. The number of aromatic hydroxyl groups is 1. The highest BCUT2D eigenvalue weighted by molar-refractivity contribution is 9.10. The van der Waals surface area contributed by atoms with E-state index in [1.54, 1.807) is 18.2 Å². The van der Waals surface area contributed by atoms with E-state index in [-0.39, 0.29) is 5.75 Å². The minimum absolute atomic E-state index is 0.261. The molecule has 1 heterocycles. The topological polar surface area (TPSA) is 72.0 Å². The summed E-state index contributed by atoms with van der Waals surface area (Å²) in [7, 11) is 0. The molecule has 0 aliphatic rings. The summed E-state index contributed by atoms with van der Waals surface area (Å²) in [5, 5.41) is 17.4. The van der Waals surface area contributed by atoms with Crippen molar-refractivity contribution >= 4 is 21.7 Å². The summed E-state index contributed by atoms with van der Waals surface area (Å²) in [5.41, 5.74) is 7.11. The average molecular weight is 280 g/mol. The molecule has 16 heavy (non-hydrogen) atoms. The fraction of sp³-hybridized carbons (Fsp3) is 0.0909. The molecule has 0 fully saturated rings. The number of aromatic nitrogens is 2. The molecule has 0 saturated heterocycles. The number of nitrogens with zero attached hydrogens (tertiary/aromatic N) is 2. The maximum atomic E-state index is 9.61. The van der Waals surface area contributed by atoms with Gasteiger partial charge in [-0.2, -0.15) is 5.10 Å². The first-order valence-electron chi connectivity index (χ1n) is 4.71. The molecular weight excluding hydrogens is 270 g/mol. The Hall–Kier alpha value is -1.62. The van der Waals surface area contributed by atoms with Crippen molar-refractivity contribution < 1.29 is 5.11 Å². The van der Waals surface area contributed by atoms with E-state index in [1.165, 1.54) is 0 Å². The fourth-order valence-corrected chi connectivity index (χ4v) is 1.70. The van der Waals surface area contributed by atoms with Crippen LogP contribution in [0.3, 0.4) is 0 Å².